The first-order chi connectivity index (χ1) is 14.2. The van der Waals surface area contributed by atoms with E-state index in [0.717, 1.165) is 44.6 Å². The number of fused-ring (bicyclic) bond motifs is 2. The van der Waals surface area contributed by atoms with Crippen LogP contribution in [0.5, 0.6) is 0 Å². The molecule has 0 amide bonds. The van der Waals surface area contributed by atoms with Gasteiger partial charge < -0.3 is 10.3 Å². The van der Waals surface area contributed by atoms with Gasteiger partial charge in [0.2, 0.25) is 0 Å². The van der Waals surface area contributed by atoms with Crippen LogP contribution in [0.3, 0.4) is 0 Å². The Kier molecular flexibility index (Phi) is 4.12. The summed E-state index contributed by atoms with van der Waals surface area (Å²) in [7, 11) is 1.90. The summed E-state index contributed by atoms with van der Waals surface area (Å²) in [4.78, 5) is 22.0. The lowest BCUT2D eigenvalue weighted by Gasteiger charge is -2.11. The van der Waals surface area contributed by atoms with E-state index in [0.29, 0.717) is 11.7 Å². The van der Waals surface area contributed by atoms with Gasteiger partial charge in [0.25, 0.3) is 0 Å². The van der Waals surface area contributed by atoms with Crippen molar-refractivity contribution in [3.8, 4) is 11.4 Å². The van der Waals surface area contributed by atoms with Gasteiger partial charge in [-0.25, -0.2) is 15.0 Å². The summed E-state index contributed by atoms with van der Waals surface area (Å²) < 4.78 is 0. The summed E-state index contributed by atoms with van der Waals surface area (Å²) in [6.45, 7) is 6.09. The van der Waals surface area contributed by atoms with E-state index in [4.69, 9.17) is 9.97 Å². The van der Waals surface area contributed by atoms with Crippen LogP contribution in [0.2, 0.25) is 0 Å². The topological polar surface area (TPSA) is 79.4 Å². The number of nitrogens with one attached hydrogen (secondary N) is 2. The van der Waals surface area contributed by atoms with Crippen molar-refractivity contribution in [2.45, 2.75) is 25.7 Å². The van der Waals surface area contributed by atoms with Crippen LogP contribution < -0.4 is 5.32 Å². The number of pyridine rings is 2. The van der Waals surface area contributed by atoms with Crippen LogP contribution in [0.1, 0.15) is 36.9 Å². The number of aromatic nitrogens is 5. The van der Waals surface area contributed by atoms with Crippen LogP contribution in [-0.4, -0.2) is 32.0 Å². The lowest BCUT2D eigenvalue weighted by Crippen LogP contribution is -2.01. The lowest BCUT2D eigenvalue weighted by atomic mass is 10.1. The molecule has 1 fully saturated rings. The maximum Gasteiger partial charge on any atom is 0.163 e. The van der Waals surface area contributed by atoms with E-state index in [-0.39, 0.29) is 0 Å². The maximum atomic E-state index is 4.87. The number of allylic oxidation sites excluding steroid dienone is 3. The van der Waals surface area contributed by atoms with E-state index in [2.05, 4.69) is 32.9 Å². The van der Waals surface area contributed by atoms with Crippen molar-refractivity contribution in [3.63, 3.8) is 0 Å². The Morgan fingerprint density at radius 1 is 1.28 bits per heavy atom. The molecule has 0 bridgehead atoms. The molecule has 6 heteroatoms. The second-order valence-electron chi connectivity index (χ2n) is 7.37. The second kappa shape index (κ2) is 6.81. The molecule has 4 aromatic heterocycles. The summed E-state index contributed by atoms with van der Waals surface area (Å²) >= 11 is 0. The molecule has 0 unspecified atom stereocenters. The molecular formula is C23H22N6. The molecule has 2 N–H and O–H groups in total. The van der Waals surface area contributed by atoms with Crippen LogP contribution in [0.4, 0.5) is 5.82 Å². The Bertz CT molecular complexity index is 1280. The minimum Gasteiger partial charge on any atom is -0.373 e. The Balaban J connectivity index is 1.71. The molecule has 0 aromatic carbocycles. The average Bonchev–Trinajstić information content (AvgIpc) is 3.49. The number of hydrogen-bond acceptors (Lipinski definition) is 5. The fraction of sp³-hybridized carbons (Fsp3) is 0.217. The van der Waals surface area contributed by atoms with Gasteiger partial charge in [-0.15, -0.1) is 0 Å². The van der Waals surface area contributed by atoms with E-state index >= 15 is 0 Å². The van der Waals surface area contributed by atoms with Gasteiger partial charge in [-0.1, -0.05) is 18.7 Å². The minimum absolute atomic E-state index is 0.574. The van der Waals surface area contributed by atoms with E-state index < -0.39 is 0 Å². The van der Waals surface area contributed by atoms with Crippen LogP contribution in [0, 0.1) is 0 Å². The monoisotopic (exact) mass is 382 g/mol. The van der Waals surface area contributed by atoms with E-state index in [1.807, 2.05) is 44.6 Å². The van der Waals surface area contributed by atoms with Gasteiger partial charge in [0, 0.05) is 41.5 Å². The van der Waals surface area contributed by atoms with Crippen LogP contribution >= 0.6 is 0 Å². The number of nitrogens with zero attached hydrogens (tertiary/aromatic N) is 4. The first kappa shape index (κ1) is 17.6. The largest absolute Gasteiger partial charge is 0.373 e. The van der Waals surface area contributed by atoms with Crippen molar-refractivity contribution in [1.29, 1.82) is 0 Å². The van der Waals surface area contributed by atoms with Gasteiger partial charge in [-0.3, -0.25) is 4.98 Å². The lowest BCUT2D eigenvalue weighted by molar-refractivity contribution is 1.10. The summed E-state index contributed by atoms with van der Waals surface area (Å²) in [6.07, 6.45) is 11.9. The molecule has 5 rings (SSSR count). The summed E-state index contributed by atoms with van der Waals surface area (Å²) in [5.41, 5.74) is 5.67. The number of anilines is 1. The summed E-state index contributed by atoms with van der Waals surface area (Å²) in [5.74, 6) is 2.07. The van der Waals surface area contributed by atoms with Crippen molar-refractivity contribution in [2.24, 2.45) is 0 Å². The van der Waals surface area contributed by atoms with Crippen molar-refractivity contribution >= 4 is 33.3 Å². The molecule has 0 aliphatic heterocycles. The minimum atomic E-state index is 0.574. The van der Waals surface area contributed by atoms with Gasteiger partial charge in [-0.05, 0) is 49.0 Å². The summed E-state index contributed by atoms with van der Waals surface area (Å²) in [6, 6.07) is 4.02. The molecule has 0 radical (unpaired) electrons. The van der Waals surface area contributed by atoms with E-state index in [1.54, 1.807) is 6.20 Å². The van der Waals surface area contributed by atoms with E-state index in [9.17, 15) is 0 Å². The smallest absolute Gasteiger partial charge is 0.163 e. The van der Waals surface area contributed by atoms with Gasteiger partial charge in [0.1, 0.15) is 11.5 Å². The Hall–Kier alpha value is -3.54. The zero-order valence-corrected chi connectivity index (χ0v) is 16.5. The molecule has 0 atom stereocenters. The van der Waals surface area contributed by atoms with Crippen molar-refractivity contribution in [3.05, 3.63) is 60.7 Å². The normalized spacial score (nSPS) is 14.1. The second-order valence-corrected chi connectivity index (χ2v) is 7.37. The zero-order valence-electron chi connectivity index (χ0n) is 16.5. The van der Waals surface area contributed by atoms with Gasteiger partial charge >= 0.3 is 0 Å². The van der Waals surface area contributed by atoms with E-state index in [1.165, 1.54) is 18.4 Å². The molecule has 1 aliphatic carbocycles. The molecule has 1 aliphatic rings. The van der Waals surface area contributed by atoms with Gasteiger partial charge in [0.15, 0.2) is 5.82 Å². The molecule has 1 saturated carbocycles. The molecule has 0 saturated heterocycles. The third kappa shape index (κ3) is 2.97. The third-order valence-corrected chi connectivity index (χ3v) is 5.38. The van der Waals surface area contributed by atoms with Crippen molar-refractivity contribution in [1.82, 2.24) is 24.9 Å². The van der Waals surface area contributed by atoms with Crippen molar-refractivity contribution in [2.75, 3.05) is 12.4 Å². The molecule has 4 heterocycles. The SMILES string of the molecule is C=C(/C=C\C)c1cc2c(-c3nc(NC)c4c(C5CC5)cncc4n3)ccnc2[nH]1. The molecule has 6 nitrogen and oxygen atoms in total. The predicted octanol–water partition coefficient (Wildman–Crippen LogP) is 5.08. The van der Waals surface area contributed by atoms with Crippen LogP contribution in [0.25, 0.3) is 38.9 Å². The molecule has 144 valence electrons. The van der Waals surface area contributed by atoms with Crippen molar-refractivity contribution < 1.29 is 0 Å². The standard InChI is InChI=1S/C23H22N6/c1-4-5-13(2)18-10-16-15(8-9-26-21(16)27-18)22-28-19-12-25-11-17(14-6-7-14)20(19)23(24-3)29-22/h4-5,8-12,14H,2,6-7H2,1,3H3,(H,26,27)(H,24,28,29)/b5-4-. The van der Waals surface area contributed by atoms with Crippen LogP contribution in [0.15, 0.2) is 49.5 Å². The van der Waals surface area contributed by atoms with Crippen LogP contribution in [-0.2, 0) is 0 Å². The molecule has 0 spiro atoms. The van der Waals surface area contributed by atoms with Gasteiger partial charge in [-0.2, -0.15) is 0 Å². The highest BCUT2D eigenvalue weighted by Crippen LogP contribution is 2.44. The Labute approximate surface area is 168 Å². The highest BCUT2D eigenvalue weighted by molar-refractivity contribution is 5.98. The summed E-state index contributed by atoms with van der Waals surface area (Å²) in [5, 5.41) is 5.32. The first-order valence-corrected chi connectivity index (χ1v) is 9.83. The maximum absolute atomic E-state index is 4.87. The zero-order chi connectivity index (χ0) is 20.0. The number of H-pyrrole nitrogens is 1. The number of hydrogen-bond donors (Lipinski definition) is 2. The number of aromatic amines is 1. The molecule has 29 heavy (non-hydrogen) atoms. The molecular weight excluding hydrogens is 360 g/mol. The predicted molar refractivity (Wildman–Crippen MR) is 118 cm³/mol. The van der Waals surface area contributed by atoms with Gasteiger partial charge in [0.05, 0.1) is 11.7 Å². The average molecular weight is 382 g/mol. The highest BCUT2D eigenvalue weighted by Gasteiger charge is 2.27. The third-order valence-electron chi connectivity index (χ3n) is 5.38. The number of rotatable bonds is 5. The first-order valence-electron chi connectivity index (χ1n) is 9.83. The highest BCUT2D eigenvalue weighted by atomic mass is 15.0. The Morgan fingerprint density at radius 2 is 2.14 bits per heavy atom. The fourth-order valence-corrected chi connectivity index (χ4v) is 3.80. The quantitative estimate of drug-likeness (QED) is 0.471. The Morgan fingerprint density at radius 3 is 2.90 bits per heavy atom. The molecule has 4 aromatic rings. The fourth-order valence-electron chi connectivity index (χ4n) is 3.80.